The van der Waals surface area contributed by atoms with Gasteiger partial charge in [-0.15, -0.1) is 12.4 Å². The molecule has 2 aliphatic rings. The van der Waals surface area contributed by atoms with Crippen LogP contribution in [-0.2, 0) is 9.53 Å². The average molecular weight is 373 g/mol. The molecule has 2 fully saturated rings. The van der Waals surface area contributed by atoms with Crippen molar-refractivity contribution in [3.05, 3.63) is 34.9 Å². The maximum Gasteiger partial charge on any atom is 0.237 e. The molecule has 24 heavy (non-hydrogen) atoms. The molecule has 2 N–H and O–H groups in total. The molecule has 6 heteroatoms. The third kappa shape index (κ3) is 4.63. The molecule has 1 heterocycles. The molecule has 4 unspecified atom stereocenters. The molecule has 1 aromatic carbocycles. The molecule has 4 nitrogen and oxygen atoms in total. The highest BCUT2D eigenvalue weighted by atomic mass is 35.5. The van der Waals surface area contributed by atoms with E-state index in [1.165, 1.54) is 25.7 Å². The first-order chi connectivity index (χ1) is 11.2. The number of methoxy groups -OCH3 is 1. The summed E-state index contributed by atoms with van der Waals surface area (Å²) in [6.07, 6.45) is 5.87. The molecule has 1 aliphatic carbocycles. The van der Waals surface area contributed by atoms with Gasteiger partial charge in [-0.3, -0.25) is 4.79 Å². The number of carbonyl (C=O) groups is 1. The van der Waals surface area contributed by atoms with Crippen molar-refractivity contribution in [1.82, 2.24) is 10.6 Å². The Morgan fingerprint density at radius 2 is 2.04 bits per heavy atom. The van der Waals surface area contributed by atoms with Crippen LogP contribution in [0.25, 0.3) is 0 Å². The summed E-state index contributed by atoms with van der Waals surface area (Å²) in [4.78, 5) is 12.4. The second kappa shape index (κ2) is 9.04. The lowest BCUT2D eigenvalue weighted by atomic mass is 9.85. The Hall–Kier alpha value is -0.810. The topological polar surface area (TPSA) is 50.4 Å². The second-order valence-electron chi connectivity index (χ2n) is 6.63. The van der Waals surface area contributed by atoms with E-state index in [2.05, 4.69) is 10.6 Å². The minimum absolute atomic E-state index is 0. The molecule has 3 rings (SSSR count). The van der Waals surface area contributed by atoms with Gasteiger partial charge in [0, 0.05) is 24.7 Å². The first kappa shape index (κ1) is 19.5. The SMILES string of the molecule is COC(CNC(=O)C1CC2CCCCC2N1)c1ccc(Cl)cc1.Cl. The van der Waals surface area contributed by atoms with E-state index < -0.39 is 0 Å². The van der Waals surface area contributed by atoms with Crippen LogP contribution in [0.5, 0.6) is 0 Å². The van der Waals surface area contributed by atoms with Crippen LogP contribution in [0.3, 0.4) is 0 Å². The van der Waals surface area contributed by atoms with Crippen molar-refractivity contribution in [2.45, 2.75) is 50.3 Å². The number of carbonyl (C=O) groups excluding carboxylic acids is 1. The number of halogens is 2. The van der Waals surface area contributed by atoms with E-state index >= 15 is 0 Å². The summed E-state index contributed by atoms with van der Waals surface area (Å²) < 4.78 is 5.51. The third-order valence-corrected chi connectivity index (χ3v) is 5.42. The summed E-state index contributed by atoms with van der Waals surface area (Å²) in [6, 6.07) is 8.04. The van der Waals surface area contributed by atoms with E-state index in [4.69, 9.17) is 16.3 Å². The van der Waals surface area contributed by atoms with Gasteiger partial charge in [0.1, 0.15) is 0 Å². The summed E-state index contributed by atoms with van der Waals surface area (Å²) >= 11 is 5.91. The average Bonchev–Trinajstić information content (AvgIpc) is 3.01. The van der Waals surface area contributed by atoms with Gasteiger partial charge < -0.3 is 15.4 Å². The highest BCUT2D eigenvalue weighted by molar-refractivity contribution is 6.30. The number of nitrogens with one attached hydrogen (secondary N) is 2. The predicted molar refractivity (Wildman–Crippen MR) is 98.7 cm³/mol. The normalized spacial score (nSPS) is 27.0. The van der Waals surface area contributed by atoms with E-state index in [9.17, 15) is 4.79 Å². The Balaban J connectivity index is 0.00000208. The molecule has 1 aliphatic heterocycles. The summed E-state index contributed by atoms with van der Waals surface area (Å²) in [7, 11) is 1.66. The Bertz CT molecular complexity index is 524. The molecule has 1 amide bonds. The van der Waals surface area contributed by atoms with Crippen LogP contribution < -0.4 is 10.6 Å². The number of benzene rings is 1. The lowest BCUT2D eigenvalue weighted by Gasteiger charge is -2.24. The molecule has 1 saturated heterocycles. The monoisotopic (exact) mass is 372 g/mol. The molecule has 1 aromatic rings. The minimum atomic E-state index is -0.153. The summed E-state index contributed by atoms with van der Waals surface area (Å²) in [5.41, 5.74) is 1.02. The quantitative estimate of drug-likeness (QED) is 0.831. The van der Waals surface area contributed by atoms with Gasteiger partial charge in [0.15, 0.2) is 0 Å². The van der Waals surface area contributed by atoms with Crippen LogP contribution in [0.4, 0.5) is 0 Å². The van der Waals surface area contributed by atoms with Gasteiger partial charge >= 0.3 is 0 Å². The van der Waals surface area contributed by atoms with Crippen LogP contribution in [0.2, 0.25) is 5.02 Å². The van der Waals surface area contributed by atoms with Crippen LogP contribution in [-0.4, -0.2) is 31.6 Å². The molecule has 4 atom stereocenters. The Morgan fingerprint density at radius 1 is 1.33 bits per heavy atom. The number of rotatable bonds is 5. The van der Waals surface area contributed by atoms with Gasteiger partial charge in [-0.25, -0.2) is 0 Å². The van der Waals surface area contributed by atoms with Crippen molar-refractivity contribution in [2.24, 2.45) is 5.92 Å². The fourth-order valence-electron chi connectivity index (χ4n) is 3.85. The van der Waals surface area contributed by atoms with Crippen molar-refractivity contribution in [2.75, 3.05) is 13.7 Å². The van der Waals surface area contributed by atoms with Crippen LogP contribution >= 0.6 is 24.0 Å². The minimum Gasteiger partial charge on any atom is -0.375 e. The van der Waals surface area contributed by atoms with E-state index in [0.29, 0.717) is 23.5 Å². The van der Waals surface area contributed by atoms with Crippen LogP contribution in [0.1, 0.15) is 43.8 Å². The van der Waals surface area contributed by atoms with E-state index in [-0.39, 0.29) is 30.5 Å². The lowest BCUT2D eigenvalue weighted by molar-refractivity contribution is -0.123. The zero-order chi connectivity index (χ0) is 16.2. The summed E-state index contributed by atoms with van der Waals surface area (Å²) in [5, 5.41) is 7.25. The molecular weight excluding hydrogens is 347 g/mol. The highest BCUT2D eigenvalue weighted by Gasteiger charge is 2.38. The largest absolute Gasteiger partial charge is 0.375 e. The fourth-order valence-corrected chi connectivity index (χ4v) is 3.98. The van der Waals surface area contributed by atoms with Crippen LogP contribution in [0.15, 0.2) is 24.3 Å². The van der Waals surface area contributed by atoms with Crippen molar-refractivity contribution in [1.29, 1.82) is 0 Å². The molecule has 0 spiro atoms. The van der Waals surface area contributed by atoms with Crippen molar-refractivity contribution < 1.29 is 9.53 Å². The Labute approximate surface area is 155 Å². The Morgan fingerprint density at radius 3 is 2.71 bits per heavy atom. The van der Waals surface area contributed by atoms with Gasteiger partial charge in [0.25, 0.3) is 0 Å². The standard InChI is InChI=1S/C18H25ClN2O2.ClH/c1-23-17(12-6-8-14(19)9-7-12)11-20-18(22)16-10-13-4-2-3-5-15(13)21-16;/h6-9,13,15-17,21H,2-5,10-11H2,1H3,(H,20,22);1H. The molecule has 0 radical (unpaired) electrons. The molecule has 134 valence electrons. The molecule has 0 bridgehead atoms. The first-order valence-corrected chi connectivity index (χ1v) is 8.87. The van der Waals surface area contributed by atoms with Gasteiger partial charge in [0.05, 0.1) is 12.1 Å². The maximum atomic E-state index is 12.4. The van der Waals surface area contributed by atoms with Gasteiger partial charge in [0.2, 0.25) is 5.91 Å². The fraction of sp³-hybridized carbons (Fsp3) is 0.611. The molecule has 0 aromatic heterocycles. The number of hydrogen-bond acceptors (Lipinski definition) is 3. The maximum absolute atomic E-state index is 12.4. The van der Waals surface area contributed by atoms with Gasteiger partial charge in [-0.05, 0) is 42.9 Å². The highest BCUT2D eigenvalue weighted by Crippen LogP contribution is 2.33. The number of ether oxygens (including phenoxy) is 1. The Kier molecular flexibility index (Phi) is 7.35. The number of hydrogen-bond donors (Lipinski definition) is 2. The third-order valence-electron chi connectivity index (χ3n) is 5.17. The van der Waals surface area contributed by atoms with E-state index in [1.807, 2.05) is 24.3 Å². The number of fused-ring (bicyclic) bond motifs is 1. The summed E-state index contributed by atoms with van der Waals surface area (Å²) in [6.45, 7) is 0.477. The zero-order valence-electron chi connectivity index (χ0n) is 14.0. The van der Waals surface area contributed by atoms with Crippen molar-refractivity contribution in [3.8, 4) is 0 Å². The van der Waals surface area contributed by atoms with Crippen molar-refractivity contribution in [3.63, 3.8) is 0 Å². The molecular formula is C18H26Cl2N2O2. The second-order valence-corrected chi connectivity index (χ2v) is 7.06. The number of amides is 1. The first-order valence-electron chi connectivity index (χ1n) is 8.49. The van der Waals surface area contributed by atoms with Crippen molar-refractivity contribution >= 4 is 29.9 Å². The van der Waals surface area contributed by atoms with Crippen LogP contribution in [0, 0.1) is 5.92 Å². The zero-order valence-corrected chi connectivity index (χ0v) is 15.5. The molecule has 1 saturated carbocycles. The van der Waals surface area contributed by atoms with Gasteiger partial charge in [-0.2, -0.15) is 0 Å². The smallest absolute Gasteiger partial charge is 0.237 e. The van der Waals surface area contributed by atoms with E-state index in [0.717, 1.165) is 12.0 Å². The summed E-state index contributed by atoms with van der Waals surface area (Å²) in [5.74, 6) is 0.768. The lowest BCUT2D eigenvalue weighted by Crippen LogP contribution is -2.44. The predicted octanol–water partition coefficient (Wildman–Crippen LogP) is 3.49. The van der Waals surface area contributed by atoms with Gasteiger partial charge in [-0.1, -0.05) is 36.6 Å². The van der Waals surface area contributed by atoms with E-state index in [1.54, 1.807) is 7.11 Å².